The van der Waals surface area contributed by atoms with Crippen molar-refractivity contribution in [3.8, 4) is 0 Å². The molecule has 0 unspecified atom stereocenters. The van der Waals surface area contributed by atoms with Crippen LogP contribution in [0.3, 0.4) is 0 Å². The fraction of sp³-hybridized carbons (Fsp3) is 0.235. The van der Waals surface area contributed by atoms with Gasteiger partial charge >= 0.3 is 0 Å². The fourth-order valence-electron chi connectivity index (χ4n) is 2.11. The van der Waals surface area contributed by atoms with Gasteiger partial charge in [-0.05, 0) is 38.3 Å². The van der Waals surface area contributed by atoms with Gasteiger partial charge in [-0.2, -0.15) is 0 Å². The molecule has 0 saturated carbocycles. The van der Waals surface area contributed by atoms with Crippen LogP contribution >= 0.6 is 0 Å². The molecule has 0 saturated heterocycles. The molecule has 0 bridgehead atoms. The first-order valence-corrected chi connectivity index (χ1v) is 6.38. The first-order chi connectivity index (χ1) is 8.78. The van der Waals surface area contributed by atoms with E-state index in [-0.39, 0.29) is 0 Å². The minimum atomic E-state index is 0.980. The molecule has 0 atom stereocenters. The van der Waals surface area contributed by atoms with Crippen molar-refractivity contribution < 1.29 is 0 Å². The van der Waals surface area contributed by atoms with Crippen molar-refractivity contribution in [2.24, 2.45) is 4.99 Å². The second-order valence-corrected chi connectivity index (χ2v) is 4.57. The quantitative estimate of drug-likeness (QED) is 0.691. The summed E-state index contributed by atoms with van der Waals surface area (Å²) in [5.41, 5.74) is 5.18. The maximum Gasteiger partial charge on any atom is 0.0588 e. The molecule has 1 nitrogen and oxygen atoms in total. The molecule has 1 heteroatoms. The lowest BCUT2D eigenvalue weighted by Gasteiger charge is -2.05. The molecule has 2 rings (SSSR count). The lowest BCUT2D eigenvalue weighted by atomic mass is 10.0. The number of nitrogens with zero attached hydrogens (tertiary/aromatic N) is 1. The van der Waals surface area contributed by atoms with Crippen LogP contribution in [0.4, 0.5) is 0 Å². The van der Waals surface area contributed by atoms with E-state index in [2.05, 4.69) is 60.5 Å². The predicted octanol–water partition coefficient (Wildman–Crippen LogP) is 4.40. The van der Waals surface area contributed by atoms with E-state index in [1.54, 1.807) is 0 Å². The van der Waals surface area contributed by atoms with E-state index in [0.717, 1.165) is 18.5 Å². The van der Waals surface area contributed by atoms with E-state index >= 15 is 0 Å². The summed E-state index contributed by atoms with van der Waals surface area (Å²) in [6.07, 6.45) is 12.4. The Balaban J connectivity index is 2.08. The normalized spacial score (nSPS) is 15.4. The molecule has 18 heavy (non-hydrogen) atoms. The SMILES string of the molecule is CC=NC1=CCC(Cc2cccc(C)c2)=CC=C1. The number of benzene rings is 1. The van der Waals surface area contributed by atoms with Crippen LogP contribution in [0, 0.1) is 6.92 Å². The maximum atomic E-state index is 4.32. The Morgan fingerprint density at radius 3 is 3.00 bits per heavy atom. The van der Waals surface area contributed by atoms with Crippen molar-refractivity contribution in [2.75, 3.05) is 0 Å². The number of hydrogen-bond donors (Lipinski definition) is 0. The van der Waals surface area contributed by atoms with Crippen LogP contribution in [0.1, 0.15) is 24.5 Å². The van der Waals surface area contributed by atoms with Crippen LogP contribution in [-0.4, -0.2) is 6.21 Å². The zero-order valence-corrected chi connectivity index (χ0v) is 11.1. The van der Waals surface area contributed by atoms with Crippen molar-refractivity contribution in [1.82, 2.24) is 0 Å². The Morgan fingerprint density at radius 1 is 1.33 bits per heavy atom. The van der Waals surface area contributed by atoms with Crippen molar-refractivity contribution in [1.29, 1.82) is 0 Å². The predicted molar refractivity (Wildman–Crippen MR) is 79.0 cm³/mol. The third-order valence-electron chi connectivity index (χ3n) is 2.96. The summed E-state index contributed by atoms with van der Waals surface area (Å²) in [7, 11) is 0. The summed E-state index contributed by atoms with van der Waals surface area (Å²) in [5.74, 6) is 0. The second-order valence-electron chi connectivity index (χ2n) is 4.57. The third-order valence-corrected chi connectivity index (χ3v) is 2.96. The second kappa shape index (κ2) is 6.15. The van der Waals surface area contributed by atoms with Gasteiger partial charge in [0.2, 0.25) is 0 Å². The van der Waals surface area contributed by atoms with Crippen molar-refractivity contribution >= 4 is 6.21 Å². The van der Waals surface area contributed by atoms with Gasteiger partial charge in [-0.25, -0.2) is 0 Å². The van der Waals surface area contributed by atoms with Gasteiger partial charge in [-0.3, -0.25) is 4.99 Å². The van der Waals surface area contributed by atoms with Crippen molar-refractivity contribution in [2.45, 2.75) is 26.7 Å². The summed E-state index contributed by atoms with van der Waals surface area (Å²) in [5, 5.41) is 0. The number of hydrogen-bond acceptors (Lipinski definition) is 1. The van der Waals surface area contributed by atoms with E-state index in [1.165, 1.54) is 16.7 Å². The van der Waals surface area contributed by atoms with Gasteiger partial charge in [0.25, 0.3) is 0 Å². The van der Waals surface area contributed by atoms with Gasteiger partial charge in [0.1, 0.15) is 0 Å². The minimum Gasteiger partial charge on any atom is -0.262 e. The largest absolute Gasteiger partial charge is 0.262 e. The Kier molecular flexibility index (Phi) is 4.30. The average molecular weight is 237 g/mol. The fourth-order valence-corrected chi connectivity index (χ4v) is 2.11. The molecule has 0 spiro atoms. The average Bonchev–Trinajstić information content (AvgIpc) is 2.56. The van der Waals surface area contributed by atoms with Crippen molar-refractivity contribution in [3.05, 3.63) is 71.0 Å². The number of rotatable bonds is 3. The van der Waals surface area contributed by atoms with Crippen LogP contribution in [0.25, 0.3) is 0 Å². The third kappa shape index (κ3) is 3.56. The van der Waals surface area contributed by atoms with E-state index in [4.69, 9.17) is 0 Å². The van der Waals surface area contributed by atoms with Gasteiger partial charge in [0.05, 0.1) is 5.70 Å². The van der Waals surface area contributed by atoms with Crippen LogP contribution < -0.4 is 0 Å². The van der Waals surface area contributed by atoms with E-state index in [9.17, 15) is 0 Å². The molecule has 92 valence electrons. The van der Waals surface area contributed by atoms with Crippen LogP contribution in [0.2, 0.25) is 0 Å². The molecule has 0 aliphatic heterocycles. The number of aryl methyl sites for hydroxylation is 1. The molecule has 1 aromatic rings. The highest BCUT2D eigenvalue weighted by atomic mass is 14.7. The van der Waals surface area contributed by atoms with Gasteiger partial charge in [0, 0.05) is 6.21 Å². The molecular formula is C17H19N. The summed E-state index contributed by atoms with van der Waals surface area (Å²) in [4.78, 5) is 4.32. The lowest BCUT2D eigenvalue weighted by Crippen LogP contribution is -1.90. The summed E-state index contributed by atoms with van der Waals surface area (Å²) < 4.78 is 0. The zero-order chi connectivity index (χ0) is 12.8. The lowest BCUT2D eigenvalue weighted by molar-refractivity contribution is 1.06. The summed E-state index contributed by atoms with van der Waals surface area (Å²) >= 11 is 0. The van der Waals surface area contributed by atoms with Gasteiger partial charge in [-0.15, -0.1) is 0 Å². The molecule has 1 aliphatic rings. The monoisotopic (exact) mass is 237 g/mol. The molecule has 0 N–H and O–H groups in total. The van der Waals surface area contributed by atoms with Gasteiger partial charge < -0.3 is 0 Å². The standard InChI is InChI=1S/C17H19N/c1-3-18-17-9-5-7-15(10-11-17)13-16-8-4-6-14(2)12-16/h3-9,11-12H,10,13H2,1-2H3. The van der Waals surface area contributed by atoms with E-state index < -0.39 is 0 Å². The van der Waals surface area contributed by atoms with Crippen molar-refractivity contribution in [3.63, 3.8) is 0 Å². The molecule has 0 amide bonds. The van der Waals surface area contributed by atoms with Crippen LogP contribution in [-0.2, 0) is 6.42 Å². The van der Waals surface area contributed by atoms with Gasteiger partial charge in [-0.1, -0.05) is 53.6 Å². The Bertz CT molecular complexity index is 530. The van der Waals surface area contributed by atoms with Crippen LogP contribution in [0.15, 0.2) is 64.8 Å². The highest BCUT2D eigenvalue weighted by Gasteiger charge is 2.01. The molecule has 1 aromatic carbocycles. The highest BCUT2D eigenvalue weighted by Crippen LogP contribution is 2.17. The Morgan fingerprint density at radius 2 is 2.22 bits per heavy atom. The zero-order valence-electron chi connectivity index (χ0n) is 11.1. The first-order valence-electron chi connectivity index (χ1n) is 6.38. The van der Waals surface area contributed by atoms with E-state index in [1.807, 2.05) is 13.1 Å². The summed E-state index contributed by atoms with van der Waals surface area (Å²) in [6, 6.07) is 8.71. The molecular weight excluding hydrogens is 218 g/mol. The molecule has 1 aliphatic carbocycles. The van der Waals surface area contributed by atoms with Crippen LogP contribution in [0.5, 0.6) is 0 Å². The number of aliphatic imine (C=N–C) groups is 1. The Labute approximate surface area is 109 Å². The first kappa shape index (κ1) is 12.6. The molecule has 0 heterocycles. The Hall–Kier alpha value is -1.89. The topological polar surface area (TPSA) is 12.4 Å². The van der Waals surface area contributed by atoms with E-state index in [0.29, 0.717) is 0 Å². The highest BCUT2D eigenvalue weighted by molar-refractivity contribution is 5.56. The smallest absolute Gasteiger partial charge is 0.0588 e. The molecule has 0 aromatic heterocycles. The number of allylic oxidation sites excluding steroid dienone is 5. The minimum absolute atomic E-state index is 0.980. The maximum absolute atomic E-state index is 4.32. The molecule has 0 radical (unpaired) electrons. The van der Waals surface area contributed by atoms with Gasteiger partial charge in [0.15, 0.2) is 0 Å². The molecule has 0 fully saturated rings. The summed E-state index contributed by atoms with van der Waals surface area (Å²) in [6.45, 7) is 4.08.